The summed E-state index contributed by atoms with van der Waals surface area (Å²) in [4.78, 5) is 18.1. The van der Waals surface area contributed by atoms with Crippen molar-refractivity contribution in [3.05, 3.63) is 35.4 Å². The summed E-state index contributed by atoms with van der Waals surface area (Å²) in [7, 11) is 5.45. The van der Waals surface area contributed by atoms with E-state index in [2.05, 4.69) is 20.5 Å². The van der Waals surface area contributed by atoms with Crippen molar-refractivity contribution in [3.8, 4) is 0 Å². The number of hydrogen-bond acceptors (Lipinski definition) is 3. The molecule has 0 bridgehead atoms. The van der Waals surface area contributed by atoms with Gasteiger partial charge in [0.05, 0.1) is 6.61 Å². The highest BCUT2D eigenvalue weighted by molar-refractivity contribution is 5.94. The molecule has 0 spiro atoms. The lowest BCUT2D eigenvalue weighted by Gasteiger charge is -2.22. The van der Waals surface area contributed by atoms with Crippen LogP contribution in [0.2, 0.25) is 0 Å². The molecule has 1 amide bonds. The maximum absolute atomic E-state index is 11.7. The average molecular weight is 346 g/mol. The molecule has 2 N–H and O–H groups in total. The number of nitrogens with one attached hydrogen (secondary N) is 2. The second kappa shape index (κ2) is 10.0. The van der Waals surface area contributed by atoms with Crippen molar-refractivity contribution >= 4 is 11.9 Å². The van der Waals surface area contributed by atoms with Crippen molar-refractivity contribution in [2.75, 3.05) is 47.4 Å². The van der Waals surface area contributed by atoms with Crippen LogP contribution in [0, 0.1) is 5.92 Å². The van der Waals surface area contributed by atoms with Crippen LogP contribution in [0.1, 0.15) is 28.8 Å². The Balaban J connectivity index is 1.71. The summed E-state index contributed by atoms with van der Waals surface area (Å²) in [6.45, 7) is 3.19. The fraction of sp³-hybridized carbons (Fsp3) is 0.579. The molecule has 1 aromatic carbocycles. The summed E-state index contributed by atoms with van der Waals surface area (Å²) >= 11 is 0. The van der Waals surface area contributed by atoms with Gasteiger partial charge in [-0.3, -0.25) is 9.79 Å². The molecule has 25 heavy (non-hydrogen) atoms. The molecule has 6 nitrogen and oxygen atoms in total. The fourth-order valence-corrected chi connectivity index (χ4v) is 2.56. The topological polar surface area (TPSA) is 66.0 Å². The molecule has 0 atom stereocenters. The van der Waals surface area contributed by atoms with Gasteiger partial charge in [0.1, 0.15) is 0 Å². The van der Waals surface area contributed by atoms with Crippen LogP contribution in [0.5, 0.6) is 0 Å². The predicted octanol–water partition coefficient (Wildman–Crippen LogP) is 1.52. The maximum Gasteiger partial charge on any atom is 0.251 e. The minimum Gasteiger partial charge on any atom is -0.379 e. The quantitative estimate of drug-likeness (QED) is 0.404. The Bertz CT molecular complexity index is 585. The molecule has 1 aliphatic rings. The van der Waals surface area contributed by atoms with E-state index in [1.165, 1.54) is 12.8 Å². The van der Waals surface area contributed by atoms with Crippen LogP contribution in [0.3, 0.4) is 0 Å². The van der Waals surface area contributed by atoms with E-state index in [0.717, 1.165) is 50.2 Å². The summed E-state index contributed by atoms with van der Waals surface area (Å²) < 4.78 is 5.68. The molecular formula is C19H30N4O2. The molecule has 138 valence electrons. The molecule has 0 heterocycles. The van der Waals surface area contributed by atoms with Gasteiger partial charge in [-0.25, -0.2) is 0 Å². The number of carbonyl (C=O) groups excluding carboxylic acids is 1. The van der Waals surface area contributed by atoms with Crippen LogP contribution in [0.4, 0.5) is 0 Å². The number of amides is 1. The van der Waals surface area contributed by atoms with Crippen molar-refractivity contribution in [3.63, 3.8) is 0 Å². The smallest absolute Gasteiger partial charge is 0.251 e. The van der Waals surface area contributed by atoms with Crippen molar-refractivity contribution in [1.29, 1.82) is 0 Å². The molecule has 0 aliphatic heterocycles. The van der Waals surface area contributed by atoms with Gasteiger partial charge >= 0.3 is 0 Å². The van der Waals surface area contributed by atoms with Crippen molar-refractivity contribution < 1.29 is 9.53 Å². The second-order valence-electron chi connectivity index (χ2n) is 6.44. The molecule has 0 saturated heterocycles. The standard InChI is InChI=1S/C19H30N4O2/c1-20-18(24)17-6-4-5-15(13-17)9-10-22-19(21-2)23(3)11-12-25-14-16-7-8-16/h4-6,13,16H,7-12,14H2,1-3H3,(H,20,24)(H,21,22). The summed E-state index contributed by atoms with van der Waals surface area (Å²) in [5, 5.41) is 6.01. The van der Waals surface area contributed by atoms with Gasteiger partial charge in [-0.2, -0.15) is 0 Å². The lowest BCUT2D eigenvalue weighted by Crippen LogP contribution is -2.41. The molecule has 1 aromatic rings. The van der Waals surface area contributed by atoms with Crippen LogP contribution >= 0.6 is 0 Å². The Kier molecular flexibility index (Phi) is 7.73. The molecule has 1 saturated carbocycles. The molecule has 6 heteroatoms. The minimum atomic E-state index is -0.0588. The number of rotatable bonds is 9. The number of benzene rings is 1. The Morgan fingerprint density at radius 2 is 2.20 bits per heavy atom. The lowest BCUT2D eigenvalue weighted by atomic mass is 10.1. The Morgan fingerprint density at radius 1 is 1.40 bits per heavy atom. The van der Waals surface area contributed by atoms with Gasteiger partial charge in [0.25, 0.3) is 5.91 Å². The highest BCUT2D eigenvalue weighted by Gasteiger charge is 2.21. The van der Waals surface area contributed by atoms with Crippen LogP contribution in [-0.2, 0) is 11.2 Å². The number of hydrogen-bond donors (Lipinski definition) is 2. The van der Waals surface area contributed by atoms with Gasteiger partial charge < -0.3 is 20.3 Å². The van der Waals surface area contributed by atoms with Crippen molar-refractivity contribution in [2.24, 2.45) is 10.9 Å². The van der Waals surface area contributed by atoms with Gasteiger partial charge in [-0.15, -0.1) is 0 Å². The summed E-state index contributed by atoms with van der Waals surface area (Å²) in [6, 6.07) is 7.70. The zero-order valence-corrected chi connectivity index (χ0v) is 15.5. The lowest BCUT2D eigenvalue weighted by molar-refractivity contribution is 0.0963. The van der Waals surface area contributed by atoms with E-state index in [4.69, 9.17) is 4.74 Å². The molecular weight excluding hydrogens is 316 g/mol. The van der Waals surface area contributed by atoms with Crippen molar-refractivity contribution in [2.45, 2.75) is 19.3 Å². The van der Waals surface area contributed by atoms with E-state index in [-0.39, 0.29) is 5.91 Å². The largest absolute Gasteiger partial charge is 0.379 e. The van der Waals surface area contributed by atoms with E-state index in [1.54, 1.807) is 14.1 Å². The van der Waals surface area contributed by atoms with E-state index in [0.29, 0.717) is 5.56 Å². The molecule has 1 fully saturated rings. The third-order valence-corrected chi connectivity index (χ3v) is 4.31. The number of guanidine groups is 1. The van der Waals surface area contributed by atoms with E-state index in [9.17, 15) is 4.79 Å². The normalized spacial score (nSPS) is 14.3. The van der Waals surface area contributed by atoms with Gasteiger partial charge in [0, 0.05) is 46.4 Å². The summed E-state index contributed by atoms with van der Waals surface area (Å²) in [5.74, 6) is 1.60. The Labute approximate surface area is 150 Å². The third-order valence-electron chi connectivity index (χ3n) is 4.31. The first-order chi connectivity index (χ1) is 12.1. The van der Waals surface area contributed by atoms with Crippen LogP contribution in [-0.4, -0.2) is 64.2 Å². The first kappa shape index (κ1) is 19.2. The Hall–Kier alpha value is -2.08. The molecule has 0 aromatic heterocycles. The van der Waals surface area contributed by atoms with Crippen molar-refractivity contribution in [1.82, 2.24) is 15.5 Å². The first-order valence-corrected chi connectivity index (χ1v) is 8.94. The maximum atomic E-state index is 11.7. The summed E-state index contributed by atoms with van der Waals surface area (Å²) in [6.07, 6.45) is 3.47. The van der Waals surface area contributed by atoms with Gasteiger partial charge in [-0.05, 0) is 42.9 Å². The van der Waals surface area contributed by atoms with Crippen LogP contribution < -0.4 is 10.6 Å². The Morgan fingerprint density at radius 3 is 2.88 bits per heavy atom. The number of aliphatic imine (C=N–C) groups is 1. The number of nitrogens with zero attached hydrogens (tertiary/aromatic N) is 2. The average Bonchev–Trinajstić information content (AvgIpc) is 3.46. The molecule has 2 rings (SSSR count). The zero-order chi connectivity index (χ0) is 18.1. The van der Waals surface area contributed by atoms with Crippen LogP contribution in [0.15, 0.2) is 29.3 Å². The second-order valence-corrected chi connectivity index (χ2v) is 6.44. The highest BCUT2D eigenvalue weighted by atomic mass is 16.5. The number of ether oxygens (including phenoxy) is 1. The molecule has 1 aliphatic carbocycles. The SMILES string of the molecule is CN=C(NCCc1cccc(C(=O)NC)c1)N(C)CCOCC1CC1. The fourth-order valence-electron chi connectivity index (χ4n) is 2.56. The first-order valence-electron chi connectivity index (χ1n) is 8.94. The third kappa shape index (κ3) is 6.74. The van der Waals surface area contributed by atoms with E-state index >= 15 is 0 Å². The number of carbonyl (C=O) groups is 1. The number of likely N-dealkylation sites (N-methyl/N-ethyl adjacent to an activating group) is 1. The van der Waals surface area contributed by atoms with Gasteiger partial charge in [-0.1, -0.05) is 12.1 Å². The van der Waals surface area contributed by atoms with Crippen LogP contribution in [0.25, 0.3) is 0 Å². The summed E-state index contributed by atoms with van der Waals surface area (Å²) in [5.41, 5.74) is 1.81. The predicted molar refractivity (Wildman–Crippen MR) is 101 cm³/mol. The molecule has 0 radical (unpaired) electrons. The van der Waals surface area contributed by atoms with E-state index < -0.39 is 0 Å². The van der Waals surface area contributed by atoms with Gasteiger partial charge in [0.2, 0.25) is 0 Å². The highest BCUT2D eigenvalue weighted by Crippen LogP contribution is 2.28. The minimum absolute atomic E-state index is 0.0588. The monoisotopic (exact) mass is 346 g/mol. The zero-order valence-electron chi connectivity index (χ0n) is 15.5. The van der Waals surface area contributed by atoms with Gasteiger partial charge in [0.15, 0.2) is 5.96 Å². The molecule has 0 unspecified atom stereocenters. The van der Waals surface area contributed by atoms with E-state index in [1.807, 2.05) is 31.3 Å².